The van der Waals surface area contributed by atoms with Gasteiger partial charge in [-0.1, -0.05) is 24.3 Å². The first-order valence-electron chi connectivity index (χ1n) is 5.87. The van der Waals surface area contributed by atoms with Crippen LogP contribution in [0.3, 0.4) is 0 Å². The molecule has 2 rings (SSSR count). The third kappa shape index (κ3) is 3.00. The highest BCUT2D eigenvalue weighted by Gasteiger charge is 2.21. The predicted molar refractivity (Wildman–Crippen MR) is 64.2 cm³/mol. The van der Waals surface area contributed by atoms with E-state index in [0.717, 1.165) is 12.0 Å². The number of carboxylic acids is 1. The smallest absolute Gasteiger partial charge is 0.410 e. The molecule has 1 aliphatic heterocycles. The lowest BCUT2D eigenvalue weighted by molar-refractivity contribution is -0.137. The van der Waals surface area contributed by atoms with E-state index in [9.17, 15) is 9.59 Å². The zero-order chi connectivity index (χ0) is 13.0. The molecule has 0 saturated heterocycles. The SMILES string of the molecule is O=C(O)CCOC(=O)N1CCc2ccccc2C1. The van der Waals surface area contributed by atoms with Crippen LogP contribution >= 0.6 is 0 Å². The van der Waals surface area contributed by atoms with Gasteiger partial charge in [-0.15, -0.1) is 0 Å². The molecule has 0 fully saturated rings. The van der Waals surface area contributed by atoms with Crippen LogP contribution in [-0.4, -0.2) is 35.2 Å². The van der Waals surface area contributed by atoms with Gasteiger partial charge in [0.05, 0.1) is 6.42 Å². The zero-order valence-corrected chi connectivity index (χ0v) is 9.96. The number of carbonyl (C=O) groups is 2. The highest BCUT2D eigenvalue weighted by atomic mass is 16.6. The van der Waals surface area contributed by atoms with Crippen LogP contribution in [0.4, 0.5) is 4.79 Å². The highest BCUT2D eigenvalue weighted by Crippen LogP contribution is 2.18. The Balaban J connectivity index is 1.88. The van der Waals surface area contributed by atoms with E-state index in [1.165, 1.54) is 5.56 Å². The normalized spacial score (nSPS) is 13.9. The number of ether oxygens (including phenoxy) is 1. The molecule has 1 aliphatic rings. The Bertz CT molecular complexity index is 458. The van der Waals surface area contributed by atoms with Crippen molar-refractivity contribution in [3.63, 3.8) is 0 Å². The lowest BCUT2D eigenvalue weighted by Crippen LogP contribution is -2.36. The van der Waals surface area contributed by atoms with Crippen LogP contribution in [0.2, 0.25) is 0 Å². The molecule has 5 nitrogen and oxygen atoms in total. The van der Waals surface area contributed by atoms with E-state index in [-0.39, 0.29) is 13.0 Å². The van der Waals surface area contributed by atoms with Gasteiger partial charge in [0.15, 0.2) is 0 Å². The molecule has 0 bridgehead atoms. The van der Waals surface area contributed by atoms with E-state index in [1.807, 2.05) is 18.2 Å². The molecule has 1 aromatic carbocycles. The molecule has 0 unspecified atom stereocenters. The number of nitrogens with zero attached hydrogens (tertiary/aromatic N) is 1. The largest absolute Gasteiger partial charge is 0.481 e. The third-order valence-corrected chi connectivity index (χ3v) is 2.93. The maximum Gasteiger partial charge on any atom is 0.410 e. The van der Waals surface area contributed by atoms with E-state index in [4.69, 9.17) is 9.84 Å². The van der Waals surface area contributed by atoms with Gasteiger partial charge in [-0.05, 0) is 17.5 Å². The zero-order valence-electron chi connectivity index (χ0n) is 9.96. The minimum Gasteiger partial charge on any atom is -0.481 e. The fraction of sp³-hybridized carbons (Fsp3) is 0.385. The molecule has 18 heavy (non-hydrogen) atoms. The number of carboxylic acid groups (broad SMARTS) is 1. The minimum atomic E-state index is -0.966. The Hall–Kier alpha value is -2.04. The van der Waals surface area contributed by atoms with Gasteiger partial charge in [0.25, 0.3) is 0 Å². The van der Waals surface area contributed by atoms with E-state index >= 15 is 0 Å². The monoisotopic (exact) mass is 249 g/mol. The third-order valence-electron chi connectivity index (χ3n) is 2.93. The van der Waals surface area contributed by atoms with Crippen molar-refractivity contribution in [1.29, 1.82) is 0 Å². The highest BCUT2D eigenvalue weighted by molar-refractivity contribution is 5.70. The number of amides is 1. The van der Waals surface area contributed by atoms with Crippen molar-refractivity contribution in [1.82, 2.24) is 4.90 Å². The van der Waals surface area contributed by atoms with Crippen LogP contribution in [0.25, 0.3) is 0 Å². The van der Waals surface area contributed by atoms with Crippen molar-refractivity contribution >= 4 is 12.1 Å². The van der Waals surface area contributed by atoms with Crippen molar-refractivity contribution in [3.8, 4) is 0 Å². The van der Waals surface area contributed by atoms with Crippen LogP contribution in [-0.2, 0) is 22.5 Å². The van der Waals surface area contributed by atoms with Crippen LogP contribution in [0, 0.1) is 0 Å². The molecule has 96 valence electrons. The lowest BCUT2D eigenvalue weighted by Gasteiger charge is -2.27. The second-order valence-electron chi connectivity index (χ2n) is 4.20. The van der Waals surface area contributed by atoms with Crippen molar-refractivity contribution < 1.29 is 19.4 Å². The molecule has 1 N–H and O–H groups in total. The molecule has 0 atom stereocenters. The summed E-state index contributed by atoms with van der Waals surface area (Å²) >= 11 is 0. The van der Waals surface area contributed by atoms with Gasteiger partial charge in [-0.3, -0.25) is 4.79 Å². The predicted octanol–water partition coefficient (Wildman–Crippen LogP) is 1.66. The summed E-state index contributed by atoms with van der Waals surface area (Å²) in [5, 5.41) is 8.46. The molecule has 0 aromatic heterocycles. The van der Waals surface area contributed by atoms with Gasteiger partial charge in [0.1, 0.15) is 6.61 Å². The topological polar surface area (TPSA) is 66.8 Å². The number of aliphatic carboxylic acids is 1. The Morgan fingerprint density at radius 2 is 2.00 bits per heavy atom. The first-order chi connectivity index (χ1) is 8.66. The molecule has 5 heteroatoms. The fourth-order valence-corrected chi connectivity index (χ4v) is 1.97. The maximum absolute atomic E-state index is 11.7. The van der Waals surface area contributed by atoms with Crippen molar-refractivity contribution in [3.05, 3.63) is 35.4 Å². The van der Waals surface area contributed by atoms with Crippen LogP contribution in [0.15, 0.2) is 24.3 Å². The fourth-order valence-electron chi connectivity index (χ4n) is 1.97. The summed E-state index contributed by atoms with van der Waals surface area (Å²) in [5.74, 6) is -0.966. The molecule has 1 amide bonds. The van der Waals surface area contributed by atoms with E-state index in [1.54, 1.807) is 4.90 Å². The van der Waals surface area contributed by atoms with Gasteiger partial charge in [-0.2, -0.15) is 0 Å². The number of benzene rings is 1. The summed E-state index contributed by atoms with van der Waals surface area (Å²) in [5.41, 5.74) is 2.38. The second-order valence-corrected chi connectivity index (χ2v) is 4.20. The molecule has 0 radical (unpaired) electrons. The van der Waals surface area contributed by atoms with Crippen LogP contribution < -0.4 is 0 Å². The van der Waals surface area contributed by atoms with Gasteiger partial charge in [0, 0.05) is 13.1 Å². The van der Waals surface area contributed by atoms with Crippen molar-refractivity contribution in [2.24, 2.45) is 0 Å². The summed E-state index contributed by atoms with van der Waals surface area (Å²) in [7, 11) is 0. The molecular formula is C13H15NO4. The van der Waals surface area contributed by atoms with E-state index in [0.29, 0.717) is 13.1 Å². The summed E-state index contributed by atoms with van der Waals surface area (Å²) in [6.07, 6.45) is 0.214. The minimum absolute atomic E-state index is 0.0771. The average molecular weight is 249 g/mol. The van der Waals surface area contributed by atoms with Crippen molar-refractivity contribution in [2.75, 3.05) is 13.2 Å². The summed E-state index contributed by atoms with van der Waals surface area (Å²) in [6, 6.07) is 7.98. The van der Waals surface area contributed by atoms with Gasteiger partial charge >= 0.3 is 12.1 Å². The molecule has 0 saturated carbocycles. The Kier molecular flexibility index (Phi) is 3.82. The Morgan fingerprint density at radius 3 is 2.72 bits per heavy atom. The maximum atomic E-state index is 11.7. The van der Waals surface area contributed by atoms with Gasteiger partial charge in [-0.25, -0.2) is 4.79 Å². The number of hydrogen-bond donors (Lipinski definition) is 1. The second kappa shape index (κ2) is 5.53. The van der Waals surface area contributed by atoms with Crippen molar-refractivity contribution in [2.45, 2.75) is 19.4 Å². The molecule has 0 aliphatic carbocycles. The molecule has 0 spiro atoms. The van der Waals surface area contributed by atoms with Crippen LogP contribution in [0.1, 0.15) is 17.5 Å². The van der Waals surface area contributed by atoms with E-state index in [2.05, 4.69) is 6.07 Å². The summed E-state index contributed by atoms with van der Waals surface area (Å²) < 4.78 is 4.91. The summed E-state index contributed by atoms with van der Waals surface area (Å²) in [4.78, 5) is 23.6. The number of carbonyl (C=O) groups excluding carboxylic acids is 1. The van der Waals surface area contributed by atoms with Gasteiger partial charge in [0.2, 0.25) is 0 Å². The first-order valence-corrected chi connectivity index (χ1v) is 5.87. The van der Waals surface area contributed by atoms with E-state index < -0.39 is 12.1 Å². The lowest BCUT2D eigenvalue weighted by atomic mass is 10.0. The number of rotatable bonds is 3. The van der Waals surface area contributed by atoms with Gasteiger partial charge < -0.3 is 14.7 Å². The standard InChI is InChI=1S/C13H15NO4/c15-12(16)6-8-18-13(17)14-7-5-10-3-1-2-4-11(10)9-14/h1-4H,5-9H2,(H,15,16). The van der Waals surface area contributed by atoms with Crippen LogP contribution in [0.5, 0.6) is 0 Å². The quantitative estimate of drug-likeness (QED) is 0.884. The first kappa shape index (κ1) is 12.4. The number of hydrogen-bond acceptors (Lipinski definition) is 3. The Labute approximate surface area is 105 Å². The average Bonchev–Trinajstić information content (AvgIpc) is 2.37. The molecule has 1 heterocycles. The molecule has 1 aromatic rings. The Morgan fingerprint density at radius 1 is 1.28 bits per heavy atom. The summed E-state index contributed by atoms with van der Waals surface area (Å²) in [6.45, 7) is 1.07. The number of fused-ring (bicyclic) bond motifs is 1. The molecular weight excluding hydrogens is 234 g/mol.